The monoisotopic (exact) mass is 667 g/mol. The van der Waals surface area contributed by atoms with Gasteiger partial charge in [-0.25, -0.2) is 15.0 Å². The fourth-order valence-corrected chi connectivity index (χ4v) is 7.82. The van der Waals surface area contributed by atoms with Crippen LogP contribution < -0.4 is 0 Å². The smallest absolute Gasteiger partial charge is 0.164 e. The number of furan rings is 2. The second-order valence-corrected chi connectivity index (χ2v) is 13.5. The Morgan fingerprint density at radius 2 is 1.13 bits per heavy atom. The zero-order valence-corrected chi connectivity index (χ0v) is 28.0. The van der Waals surface area contributed by atoms with Crippen LogP contribution in [0.5, 0.6) is 0 Å². The van der Waals surface area contributed by atoms with Gasteiger partial charge in [-0.05, 0) is 81.6 Å². The van der Waals surface area contributed by atoms with Crippen molar-refractivity contribution in [3.05, 3.63) is 164 Å². The number of rotatable bonds is 4. The summed E-state index contributed by atoms with van der Waals surface area (Å²) in [5.74, 6) is 2.05. The number of nitrogens with zero attached hydrogens (tertiary/aromatic N) is 3. The van der Waals surface area contributed by atoms with E-state index in [1.807, 2.05) is 30.3 Å². The standard InChI is InChI=1S/C47H29N3O2/c1-2-11-30(12-3-1)45-48-46(32-21-20-29-19-18-28-10-4-5-13-34(28)37(29)25-32)50-47(49-45)39-26-33(27-43-44(39)36-15-7-9-17-41(36)52-43)31-22-23-42-38(24-31)35-14-6-8-16-40(35)51-42/h1-11,13-27,30H,12H2. The maximum atomic E-state index is 6.56. The molecule has 1 atom stereocenters. The van der Waals surface area contributed by atoms with E-state index in [1.54, 1.807) is 0 Å². The Labute approximate surface area is 298 Å². The Kier molecular flexibility index (Phi) is 6.31. The highest BCUT2D eigenvalue weighted by Crippen LogP contribution is 2.41. The fourth-order valence-electron chi connectivity index (χ4n) is 7.82. The van der Waals surface area contributed by atoms with Crippen molar-refractivity contribution >= 4 is 65.4 Å². The molecular formula is C47H29N3O2. The van der Waals surface area contributed by atoms with Crippen molar-refractivity contribution < 1.29 is 8.83 Å². The van der Waals surface area contributed by atoms with Crippen LogP contribution in [0.3, 0.4) is 0 Å². The maximum absolute atomic E-state index is 6.56. The lowest BCUT2D eigenvalue weighted by atomic mass is 9.96. The number of aromatic nitrogens is 3. The SMILES string of the molecule is C1=CCC(c2nc(-c3ccc4ccc5ccccc5c4c3)nc(-c3cc(-c4ccc5oc6ccccc6c5c4)cc4oc5ccccc5c34)n2)C=C1. The van der Waals surface area contributed by atoms with E-state index in [0.29, 0.717) is 11.6 Å². The summed E-state index contributed by atoms with van der Waals surface area (Å²) in [4.78, 5) is 15.7. The summed E-state index contributed by atoms with van der Waals surface area (Å²) >= 11 is 0. The van der Waals surface area contributed by atoms with Crippen LogP contribution in [0, 0.1) is 0 Å². The van der Waals surface area contributed by atoms with Gasteiger partial charge >= 0.3 is 0 Å². The van der Waals surface area contributed by atoms with Gasteiger partial charge in [-0.15, -0.1) is 0 Å². The van der Waals surface area contributed by atoms with Gasteiger partial charge in [-0.1, -0.05) is 115 Å². The lowest BCUT2D eigenvalue weighted by molar-refractivity contribution is 0.669. The van der Waals surface area contributed by atoms with Crippen LogP contribution in [0.1, 0.15) is 18.2 Å². The molecule has 0 amide bonds. The second kappa shape index (κ2) is 11.3. The summed E-state index contributed by atoms with van der Waals surface area (Å²) in [6.07, 6.45) is 9.34. The maximum Gasteiger partial charge on any atom is 0.164 e. The molecule has 0 N–H and O–H groups in total. The van der Waals surface area contributed by atoms with E-state index in [0.717, 1.165) is 78.4 Å². The van der Waals surface area contributed by atoms with E-state index in [-0.39, 0.29) is 5.92 Å². The Bertz CT molecular complexity index is 3130. The van der Waals surface area contributed by atoms with E-state index in [9.17, 15) is 0 Å². The molecule has 10 aromatic rings. The molecule has 5 nitrogen and oxygen atoms in total. The van der Waals surface area contributed by atoms with E-state index in [1.165, 1.54) is 21.5 Å². The number of hydrogen-bond donors (Lipinski definition) is 0. The Morgan fingerprint density at radius 3 is 2.00 bits per heavy atom. The minimum absolute atomic E-state index is 0.0309. The fraction of sp³-hybridized carbons (Fsp3) is 0.0426. The first-order valence-electron chi connectivity index (χ1n) is 17.6. The third-order valence-electron chi connectivity index (χ3n) is 10.4. The molecule has 0 spiro atoms. The zero-order chi connectivity index (χ0) is 34.2. The van der Waals surface area contributed by atoms with Gasteiger partial charge in [0.05, 0.1) is 0 Å². The average Bonchev–Trinajstić information content (AvgIpc) is 3.78. The molecule has 3 heterocycles. The minimum atomic E-state index is 0.0309. The largest absolute Gasteiger partial charge is 0.456 e. The molecule has 0 saturated carbocycles. The van der Waals surface area contributed by atoms with Gasteiger partial charge < -0.3 is 8.83 Å². The number of allylic oxidation sites excluding steroid dienone is 4. The zero-order valence-electron chi connectivity index (χ0n) is 28.0. The molecular weight excluding hydrogens is 639 g/mol. The Balaban J connectivity index is 1.17. The van der Waals surface area contributed by atoms with Crippen molar-refractivity contribution in [1.82, 2.24) is 15.0 Å². The molecule has 244 valence electrons. The molecule has 0 bridgehead atoms. The highest BCUT2D eigenvalue weighted by atomic mass is 16.3. The first-order chi connectivity index (χ1) is 25.7. The van der Waals surface area contributed by atoms with Crippen molar-refractivity contribution in [2.45, 2.75) is 12.3 Å². The van der Waals surface area contributed by atoms with E-state index in [2.05, 4.69) is 127 Å². The highest BCUT2D eigenvalue weighted by Gasteiger charge is 2.22. The predicted octanol–water partition coefficient (Wildman–Crippen LogP) is 12.6. The van der Waals surface area contributed by atoms with Gasteiger partial charge in [0, 0.05) is 38.6 Å². The number of hydrogen-bond acceptors (Lipinski definition) is 5. The minimum Gasteiger partial charge on any atom is -0.456 e. The quantitative estimate of drug-likeness (QED) is 0.175. The molecule has 1 aliphatic rings. The number of benzene rings is 7. The van der Waals surface area contributed by atoms with Crippen LogP contribution in [-0.4, -0.2) is 15.0 Å². The van der Waals surface area contributed by atoms with Crippen LogP contribution in [0.2, 0.25) is 0 Å². The summed E-state index contributed by atoms with van der Waals surface area (Å²) < 4.78 is 12.7. The lowest BCUT2D eigenvalue weighted by Crippen LogP contribution is -2.08. The summed E-state index contributed by atoms with van der Waals surface area (Å²) in [5, 5.41) is 8.94. The molecule has 1 aliphatic carbocycles. The molecule has 5 heteroatoms. The molecule has 0 saturated heterocycles. The van der Waals surface area contributed by atoms with Crippen LogP contribution in [-0.2, 0) is 0 Å². The highest BCUT2D eigenvalue weighted by molar-refractivity contribution is 6.14. The summed E-state index contributed by atoms with van der Waals surface area (Å²) in [7, 11) is 0. The Hall–Kier alpha value is -6.85. The van der Waals surface area contributed by atoms with Crippen molar-refractivity contribution in [1.29, 1.82) is 0 Å². The van der Waals surface area contributed by atoms with Gasteiger partial charge in [0.15, 0.2) is 11.6 Å². The average molecular weight is 668 g/mol. The number of fused-ring (bicyclic) bond motifs is 9. The van der Waals surface area contributed by atoms with Crippen LogP contribution in [0.25, 0.3) is 99.3 Å². The van der Waals surface area contributed by atoms with Gasteiger partial charge in [-0.3, -0.25) is 0 Å². The van der Waals surface area contributed by atoms with Crippen molar-refractivity contribution in [2.24, 2.45) is 0 Å². The normalized spacial score (nSPS) is 14.5. The predicted molar refractivity (Wildman–Crippen MR) is 211 cm³/mol. The second-order valence-electron chi connectivity index (χ2n) is 13.5. The van der Waals surface area contributed by atoms with Gasteiger partial charge in [0.1, 0.15) is 28.2 Å². The molecule has 3 aromatic heterocycles. The first kappa shape index (κ1) is 28.9. The van der Waals surface area contributed by atoms with Gasteiger partial charge in [0.2, 0.25) is 0 Å². The van der Waals surface area contributed by atoms with Crippen LogP contribution >= 0.6 is 0 Å². The topological polar surface area (TPSA) is 65.0 Å². The Morgan fingerprint density at radius 1 is 0.462 bits per heavy atom. The summed E-state index contributed by atoms with van der Waals surface area (Å²) in [6, 6.07) is 46.5. The van der Waals surface area contributed by atoms with Crippen LogP contribution in [0.15, 0.2) is 167 Å². The molecule has 0 fully saturated rings. The lowest BCUT2D eigenvalue weighted by Gasteiger charge is -2.15. The summed E-state index contributed by atoms with van der Waals surface area (Å²) in [6.45, 7) is 0. The van der Waals surface area contributed by atoms with Gasteiger partial charge in [-0.2, -0.15) is 0 Å². The van der Waals surface area contributed by atoms with Crippen LogP contribution in [0.4, 0.5) is 0 Å². The third kappa shape index (κ3) is 4.60. The molecule has 11 rings (SSSR count). The van der Waals surface area contributed by atoms with Crippen molar-refractivity contribution in [3.63, 3.8) is 0 Å². The summed E-state index contributed by atoms with van der Waals surface area (Å²) in [5.41, 5.74) is 7.26. The first-order valence-corrected chi connectivity index (χ1v) is 17.6. The molecule has 0 radical (unpaired) electrons. The van der Waals surface area contributed by atoms with Crippen molar-refractivity contribution in [3.8, 4) is 33.9 Å². The molecule has 1 unspecified atom stereocenters. The molecule has 52 heavy (non-hydrogen) atoms. The van der Waals surface area contributed by atoms with E-state index in [4.69, 9.17) is 23.8 Å². The molecule has 7 aromatic carbocycles. The third-order valence-corrected chi connectivity index (χ3v) is 10.4. The van der Waals surface area contributed by atoms with E-state index >= 15 is 0 Å². The van der Waals surface area contributed by atoms with E-state index < -0.39 is 0 Å². The number of para-hydroxylation sites is 2. The van der Waals surface area contributed by atoms with Crippen molar-refractivity contribution in [2.75, 3.05) is 0 Å². The van der Waals surface area contributed by atoms with Gasteiger partial charge in [0.25, 0.3) is 0 Å². The molecule has 0 aliphatic heterocycles.